The summed E-state index contributed by atoms with van der Waals surface area (Å²) in [6, 6.07) is 13.1. The molecule has 1 heterocycles. The number of nitrogens with one attached hydrogen (secondary N) is 1. The van der Waals surface area contributed by atoms with E-state index in [0.29, 0.717) is 11.4 Å². The van der Waals surface area contributed by atoms with E-state index in [4.69, 9.17) is 4.74 Å². The largest absolute Gasteiger partial charge is 0.497 e. The topological polar surface area (TPSA) is 56.1 Å². The molecule has 5 nitrogen and oxygen atoms in total. The molecule has 1 N–H and O–H groups in total. The van der Waals surface area contributed by atoms with Crippen LogP contribution in [0.25, 0.3) is 0 Å². The minimum absolute atomic E-state index is 0.0921. The predicted molar refractivity (Wildman–Crippen MR) is 96.3 cm³/mol. The number of imidazole rings is 1. The van der Waals surface area contributed by atoms with E-state index >= 15 is 0 Å². The fourth-order valence-corrected chi connectivity index (χ4v) is 2.79. The van der Waals surface area contributed by atoms with E-state index in [-0.39, 0.29) is 18.1 Å². The van der Waals surface area contributed by atoms with Gasteiger partial charge in [-0.2, -0.15) is 0 Å². The zero-order valence-corrected chi connectivity index (χ0v) is 14.6. The van der Waals surface area contributed by atoms with Crippen molar-refractivity contribution in [2.75, 3.05) is 7.11 Å². The maximum atomic E-state index is 13.3. The lowest BCUT2D eigenvalue weighted by Gasteiger charge is -2.19. The first-order chi connectivity index (χ1) is 12.6. The lowest BCUT2D eigenvalue weighted by molar-refractivity contribution is -0.121. The predicted octanol–water partition coefficient (Wildman–Crippen LogP) is 3.02. The smallest absolute Gasteiger partial charge is 0.225 e. The van der Waals surface area contributed by atoms with Crippen LogP contribution in [-0.2, 0) is 18.3 Å². The van der Waals surface area contributed by atoms with Crippen LogP contribution in [0.5, 0.6) is 5.75 Å². The number of aromatic nitrogens is 2. The number of nitrogens with zero attached hydrogens (tertiary/aromatic N) is 2. The molecular weight excluding hydrogens is 333 g/mol. The fourth-order valence-electron chi connectivity index (χ4n) is 2.79. The molecule has 1 atom stereocenters. The van der Waals surface area contributed by atoms with Crippen LogP contribution < -0.4 is 10.1 Å². The standard InChI is InChI=1S/C20H20FN3O2/c1-24-11-10-22-20(24)19(15-6-8-17(26-2)9-7-15)23-18(25)13-14-4-3-5-16(21)12-14/h3-12,19H,13H2,1-2H3,(H,23,25)/t19-/m0/s1. The molecule has 0 unspecified atom stereocenters. The Morgan fingerprint density at radius 1 is 1.27 bits per heavy atom. The van der Waals surface area contributed by atoms with Gasteiger partial charge in [-0.1, -0.05) is 24.3 Å². The molecule has 3 aromatic rings. The molecule has 0 aliphatic heterocycles. The van der Waals surface area contributed by atoms with Gasteiger partial charge in [0.1, 0.15) is 23.4 Å². The number of carbonyl (C=O) groups is 1. The van der Waals surface area contributed by atoms with Gasteiger partial charge >= 0.3 is 0 Å². The lowest BCUT2D eigenvalue weighted by atomic mass is 10.0. The first-order valence-electron chi connectivity index (χ1n) is 8.22. The first-order valence-corrected chi connectivity index (χ1v) is 8.22. The van der Waals surface area contributed by atoms with Gasteiger partial charge in [0.15, 0.2) is 0 Å². The summed E-state index contributed by atoms with van der Waals surface area (Å²) in [5.74, 6) is 0.881. The highest BCUT2D eigenvalue weighted by Gasteiger charge is 2.21. The molecule has 1 aromatic heterocycles. The van der Waals surface area contributed by atoms with Crippen molar-refractivity contribution >= 4 is 5.91 Å². The highest BCUT2D eigenvalue weighted by atomic mass is 19.1. The number of benzene rings is 2. The monoisotopic (exact) mass is 353 g/mol. The van der Waals surface area contributed by atoms with Crippen LogP contribution in [0.2, 0.25) is 0 Å². The Morgan fingerprint density at radius 2 is 2.04 bits per heavy atom. The maximum absolute atomic E-state index is 13.3. The summed E-state index contributed by atoms with van der Waals surface area (Å²) in [5, 5.41) is 3.00. The van der Waals surface area contributed by atoms with E-state index in [1.807, 2.05) is 42.1 Å². The number of hydrogen-bond donors (Lipinski definition) is 1. The molecule has 6 heteroatoms. The quantitative estimate of drug-likeness (QED) is 0.741. The van der Waals surface area contributed by atoms with Crippen LogP contribution >= 0.6 is 0 Å². The molecule has 134 valence electrons. The summed E-state index contributed by atoms with van der Waals surface area (Å²) in [4.78, 5) is 16.9. The molecule has 26 heavy (non-hydrogen) atoms. The zero-order chi connectivity index (χ0) is 18.5. The van der Waals surface area contributed by atoms with E-state index < -0.39 is 6.04 Å². The summed E-state index contributed by atoms with van der Waals surface area (Å²) >= 11 is 0. The maximum Gasteiger partial charge on any atom is 0.225 e. The highest BCUT2D eigenvalue weighted by molar-refractivity contribution is 5.79. The molecule has 0 bridgehead atoms. The molecule has 0 saturated carbocycles. The fraction of sp³-hybridized carbons (Fsp3) is 0.200. The minimum atomic E-state index is -0.415. The molecule has 1 amide bonds. The zero-order valence-electron chi connectivity index (χ0n) is 14.6. The van der Waals surface area contributed by atoms with Crippen LogP contribution in [0.4, 0.5) is 4.39 Å². The van der Waals surface area contributed by atoms with Crippen molar-refractivity contribution in [2.24, 2.45) is 7.05 Å². The Hall–Kier alpha value is -3.15. The molecule has 0 fully saturated rings. The third kappa shape index (κ3) is 4.08. The summed E-state index contributed by atoms with van der Waals surface area (Å²) in [6.45, 7) is 0. The van der Waals surface area contributed by atoms with Crippen LogP contribution in [0.1, 0.15) is 23.0 Å². The number of aryl methyl sites for hydroxylation is 1. The summed E-state index contributed by atoms with van der Waals surface area (Å²) in [7, 11) is 3.48. The third-order valence-corrected chi connectivity index (χ3v) is 4.12. The molecule has 0 radical (unpaired) electrons. The molecular formula is C20H20FN3O2. The summed E-state index contributed by atoms with van der Waals surface area (Å²) in [5.41, 5.74) is 1.50. The van der Waals surface area contributed by atoms with Crippen molar-refractivity contribution in [3.8, 4) is 5.75 Å². The first kappa shape index (κ1) is 17.7. The Kier molecular flexibility index (Phi) is 5.31. The Labute approximate surface area is 151 Å². The van der Waals surface area contributed by atoms with Crippen LogP contribution in [0.3, 0.4) is 0 Å². The van der Waals surface area contributed by atoms with Gasteiger partial charge in [0.2, 0.25) is 5.91 Å². The van der Waals surface area contributed by atoms with Gasteiger partial charge in [-0.15, -0.1) is 0 Å². The van der Waals surface area contributed by atoms with Gasteiger partial charge in [-0.3, -0.25) is 4.79 Å². The second-order valence-corrected chi connectivity index (χ2v) is 5.98. The Balaban J connectivity index is 1.83. The molecule has 0 aliphatic carbocycles. The van der Waals surface area contributed by atoms with Gasteiger partial charge in [0.05, 0.1) is 13.5 Å². The van der Waals surface area contributed by atoms with E-state index in [0.717, 1.165) is 11.3 Å². The molecule has 2 aromatic carbocycles. The van der Waals surface area contributed by atoms with Gasteiger partial charge in [-0.05, 0) is 35.4 Å². The van der Waals surface area contributed by atoms with Crippen LogP contribution in [0.15, 0.2) is 60.9 Å². The summed E-state index contributed by atoms with van der Waals surface area (Å²) in [6.07, 6.45) is 3.60. The lowest BCUT2D eigenvalue weighted by Crippen LogP contribution is -2.32. The average molecular weight is 353 g/mol. The van der Waals surface area contributed by atoms with E-state index in [1.54, 1.807) is 25.4 Å². The second-order valence-electron chi connectivity index (χ2n) is 5.98. The van der Waals surface area contributed by atoms with E-state index in [2.05, 4.69) is 10.3 Å². The highest BCUT2D eigenvalue weighted by Crippen LogP contribution is 2.23. The second kappa shape index (κ2) is 7.82. The molecule has 0 spiro atoms. The molecule has 3 rings (SSSR count). The van der Waals surface area contributed by atoms with Gasteiger partial charge in [0.25, 0.3) is 0 Å². The van der Waals surface area contributed by atoms with Crippen molar-refractivity contribution in [3.63, 3.8) is 0 Å². The number of hydrogen-bond acceptors (Lipinski definition) is 3. The number of halogens is 1. The van der Waals surface area contributed by atoms with E-state index in [1.165, 1.54) is 12.1 Å². The number of ether oxygens (including phenoxy) is 1. The summed E-state index contributed by atoms with van der Waals surface area (Å²) < 4.78 is 20.4. The Morgan fingerprint density at radius 3 is 2.65 bits per heavy atom. The number of amides is 1. The molecule has 0 aliphatic rings. The van der Waals surface area contributed by atoms with Gasteiger partial charge in [-0.25, -0.2) is 9.37 Å². The Bertz CT molecular complexity index is 890. The van der Waals surface area contributed by atoms with Crippen molar-refractivity contribution in [1.29, 1.82) is 0 Å². The van der Waals surface area contributed by atoms with Crippen molar-refractivity contribution in [2.45, 2.75) is 12.5 Å². The minimum Gasteiger partial charge on any atom is -0.497 e. The van der Waals surface area contributed by atoms with Crippen molar-refractivity contribution in [1.82, 2.24) is 14.9 Å². The molecule has 0 saturated heterocycles. The number of methoxy groups -OCH3 is 1. The number of rotatable bonds is 6. The SMILES string of the molecule is COc1ccc([C@H](NC(=O)Cc2cccc(F)c2)c2nccn2C)cc1. The van der Waals surface area contributed by atoms with Gasteiger partial charge < -0.3 is 14.6 Å². The van der Waals surface area contributed by atoms with Crippen molar-refractivity contribution in [3.05, 3.63) is 83.7 Å². The van der Waals surface area contributed by atoms with Gasteiger partial charge in [0, 0.05) is 19.4 Å². The average Bonchev–Trinajstić information content (AvgIpc) is 3.05. The number of carbonyl (C=O) groups excluding carboxylic acids is 1. The van der Waals surface area contributed by atoms with E-state index in [9.17, 15) is 9.18 Å². The van der Waals surface area contributed by atoms with Crippen LogP contribution in [-0.4, -0.2) is 22.6 Å². The van der Waals surface area contributed by atoms with Crippen LogP contribution in [0, 0.1) is 5.82 Å². The third-order valence-electron chi connectivity index (χ3n) is 4.12. The van der Waals surface area contributed by atoms with Crippen molar-refractivity contribution < 1.29 is 13.9 Å². The normalized spacial score (nSPS) is 11.8.